The molecule has 1 rings (SSSR count). The van der Waals surface area contributed by atoms with Crippen molar-refractivity contribution < 1.29 is 31.9 Å². The molecule has 0 aliphatic heterocycles. The number of hydrogen-bond acceptors (Lipinski definition) is 6. The van der Waals surface area contributed by atoms with E-state index in [4.69, 9.17) is 4.74 Å². The number of anilines is 1. The number of halogens is 4. The molecule has 186 valence electrons. The summed E-state index contributed by atoms with van der Waals surface area (Å²) < 4.78 is 55.5. The third-order valence-electron chi connectivity index (χ3n) is 4.13. The van der Waals surface area contributed by atoms with Gasteiger partial charge in [-0.2, -0.15) is 18.3 Å². The molecule has 11 heteroatoms. The summed E-state index contributed by atoms with van der Waals surface area (Å²) in [5.74, 6) is -1.70. The van der Waals surface area contributed by atoms with E-state index in [0.29, 0.717) is 6.29 Å². The van der Waals surface area contributed by atoms with Gasteiger partial charge < -0.3 is 15.0 Å². The summed E-state index contributed by atoms with van der Waals surface area (Å²) >= 11 is 0. The van der Waals surface area contributed by atoms with Gasteiger partial charge in [-0.15, -0.1) is 0 Å². The van der Waals surface area contributed by atoms with Crippen molar-refractivity contribution in [2.24, 2.45) is 5.10 Å². The van der Waals surface area contributed by atoms with Crippen molar-refractivity contribution in [3.8, 4) is 5.75 Å². The molecule has 0 saturated heterocycles. The quantitative estimate of drug-likeness (QED) is 0.0746. The first-order chi connectivity index (χ1) is 15.8. The van der Waals surface area contributed by atoms with Crippen molar-refractivity contribution in [3.63, 3.8) is 0 Å². The van der Waals surface area contributed by atoms with Gasteiger partial charge in [0.25, 0.3) is 5.91 Å². The molecule has 0 atom stereocenters. The van der Waals surface area contributed by atoms with Gasteiger partial charge in [-0.25, -0.2) is 4.39 Å². The lowest BCUT2D eigenvalue weighted by Gasteiger charge is -2.29. The van der Waals surface area contributed by atoms with Crippen LogP contribution in [0.2, 0.25) is 0 Å². The van der Waals surface area contributed by atoms with Gasteiger partial charge in [-0.1, -0.05) is 0 Å². The number of nitrogens with one attached hydrogen (secondary N) is 1. The molecule has 0 saturated carbocycles. The van der Waals surface area contributed by atoms with E-state index in [-0.39, 0.29) is 29.1 Å². The summed E-state index contributed by atoms with van der Waals surface area (Å²) in [7, 11) is 1.48. The molecule has 0 unspecified atom stereocenters. The fourth-order valence-corrected chi connectivity index (χ4v) is 2.47. The minimum atomic E-state index is -4.59. The Hall–Kier alpha value is -3.63. The Bertz CT molecular complexity index is 951. The normalized spacial score (nSPS) is 12.6. The molecule has 1 amide bonds. The van der Waals surface area contributed by atoms with Crippen LogP contribution in [0.15, 0.2) is 59.5 Å². The van der Waals surface area contributed by atoms with Crippen molar-refractivity contribution in [2.45, 2.75) is 32.5 Å². The maximum Gasteiger partial charge on any atom is 0.422 e. The van der Waals surface area contributed by atoms with Crippen LogP contribution in [0, 0.1) is 5.82 Å². The third kappa shape index (κ3) is 9.88. The summed E-state index contributed by atoms with van der Waals surface area (Å²) in [6.45, 7) is 7.81. The van der Waals surface area contributed by atoms with Crippen LogP contribution in [0.3, 0.4) is 0 Å². The van der Waals surface area contributed by atoms with E-state index in [1.54, 1.807) is 17.3 Å². The largest absolute Gasteiger partial charge is 0.482 e. The molecule has 0 fully saturated rings. The zero-order chi connectivity index (χ0) is 25.9. The van der Waals surface area contributed by atoms with Crippen LogP contribution < -0.4 is 15.0 Å². The second kappa shape index (κ2) is 12.6. The summed E-state index contributed by atoms with van der Waals surface area (Å²) in [6, 6.07) is 3.14. The van der Waals surface area contributed by atoms with Gasteiger partial charge in [-0.05, 0) is 51.1 Å². The highest BCUT2D eigenvalue weighted by Gasteiger charge is 2.29. The van der Waals surface area contributed by atoms with Crippen LogP contribution in [0.25, 0.3) is 0 Å². The Balaban J connectivity index is 2.83. The molecule has 1 aromatic rings. The minimum Gasteiger partial charge on any atom is -0.482 e. The van der Waals surface area contributed by atoms with Crippen LogP contribution in [-0.4, -0.2) is 55.8 Å². The first kappa shape index (κ1) is 28.4. The van der Waals surface area contributed by atoms with Crippen molar-refractivity contribution >= 4 is 24.6 Å². The molecule has 0 aliphatic carbocycles. The Labute approximate surface area is 196 Å². The van der Waals surface area contributed by atoms with Crippen LogP contribution in [0.4, 0.5) is 23.2 Å². The lowest BCUT2D eigenvalue weighted by molar-refractivity contribution is -0.153. The number of hydrogen-bond donors (Lipinski definition) is 1. The molecule has 1 aromatic carbocycles. The van der Waals surface area contributed by atoms with Gasteiger partial charge >= 0.3 is 6.18 Å². The number of amides is 1. The minimum absolute atomic E-state index is 0.130. The van der Waals surface area contributed by atoms with Crippen LogP contribution in [0.5, 0.6) is 5.75 Å². The predicted molar refractivity (Wildman–Crippen MR) is 123 cm³/mol. The second-order valence-corrected chi connectivity index (χ2v) is 7.96. The molecule has 0 aromatic heterocycles. The predicted octanol–water partition coefficient (Wildman–Crippen LogP) is 4.19. The Kier molecular flexibility index (Phi) is 10.5. The van der Waals surface area contributed by atoms with Crippen LogP contribution in [0.1, 0.15) is 20.8 Å². The smallest absolute Gasteiger partial charge is 0.422 e. The number of hydrazone groups is 1. The summed E-state index contributed by atoms with van der Waals surface area (Å²) in [5, 5.41) is 8.02. The average Bonchev–Trinajstić information content (AvgIpc) is 2.73. The summed E-state index contributed by atoms with van der Waals surface area (Å²) in [5.41, 5.74) is -0.327. The standard InChI is InChI=1S/C23H28F4N4O3/c1-22(2,3)31(28-4)13-7-11-29-21(33)17(15-32)8-6-12-30(5)19-10-9-18(24)14-20(19)34-16-23(25,26)27/h6-10,12-15H,4,11,16H2,1-3,5H3,(H,29,33)/b12-6-,13-7-,17-8+. The third-order valence-corrected chi connectivity index (χ3v) is 4.13. The van der Waals surface area contributed by atoms with Crippen molar-refractivity contribution in [1.82, 2.24) is 10.3 Å². The zero-order valence-electron chi connectivity index (χ0n) is 19.4. The lowest BCUT2D eigenvalue weighted by atomic mass is 10.1. The first-order valence-corrected chi connectivity index (χ1v) is 10.0. The van der Waals surface area contributed by atoms with Crippen molar-refractivity contribution in [1.29, 1.82) is 0 Å². The van der Waals surface area contributed by atoms with Gasteiger partial charge in [-0.3, -0.25) is 14.6 Å². The number of allylic oxidation sites excluding steroid dienone is 2. The summed E-state index contributed by atoms with van der Waals surface area (Å²) in [6.07, 6.45) is 3.02. The highest BCUT2D eigenvalue weighted by molar-refractivity contribution is 6.10. The van der Waals surface area contributed by atoms with Gasteiger partial charge in [0.15, 0.2) is 12.9 Å². The van der Waals surface area contributed by atoms with Crippen LogP contribution in [-0.2, 0) is 9.59 Å². The number of ether oxygens (including phenoxy) is 1. The zero-order valence-corrected chi connectivity index (χ0v) is 19.4. The molecule has 7 nitrogen and oxygen atoms in total. The van der Waals surface area contributed by atoms with E-state index in [1.807, 2.05) is 20.8 Å². The molecule has 0 heterocycles. The average molecular weight is 484 g/mol. The molecule has 0 bridgehead atoms. The van der Waals surface area contributed by atoms with E-state index in [0.717, 1.165) is 12.1 Å². The second-order valence-electron chi connectivity index (χ2n) is 7.96. The Morgan fingerprint density at radius 2 is 1.91 bits per heavy atom. The number of carbonyl (C=O) groups is 2. The number of alkyl halides is 3. The number of nitrogens with zero attached hydrogens (tertiary/aromatic N) is 3. The van der Waals surface area contributed by atoms with E-state index in [2.05, 4.69) is 17.1 Å². The molecular formula is C23H28F4N4O3. The molecule has 0 aliphatic rings. The summed E-state index contributed by atoms with van der Waals surface area (Å²) in [4.78, 5) is 24.8. The Morgan fingerprint density at radius 1 is 1.24 bits per heavy atom. The number of rotatable bonds is 11. The number of benzene rings is 1. The van der Waals surface area contributed by atoms with Gasteiger partial charge in [0.05, 0.1) is 16.8 Å². The van der Waals surface area contributed by atoms with E-state index in [1.165, 1.54) is 36.4 Å². The van der Waals surface area contributed by atoms with E-state index >= 15 is 0 Å². The van der Waals surface area contributed by atoms with Gasteiger partial charge in [0, 0.05) is 38.8 Å². The molecule has 0 spiro atoms. The highest BCUT2D eigenvalue weighted by atomic mass is 19.4. The SMILES string of the molecule is C=NN(/C=C\CNC(=O)/C(C=O)=C/C=C\N(C)c1ccc(F)cc1OCC(F)(F)F)C(C)(C)C. The number of carbonyl (C=O) groups excluding carboxylic acids is 2. The van der Waals surface area contributed by atoms with Crippen molar-refractivity contribution in [2.75, 3.05) is 25.1 Å². The monoisotopic (exact) mass is 484 g/mol. The molecular weight excluding hydrogens is 456 g/mol. The molecule has 1 N–H and O–H groups in total. The van der Waals surface area contributed by atoms with Crippen molar-refractivity contribution in [3.05, 3.63) is 60.2 Å². The van der Waals surface area contributed by atoms with E-state index < -0.39 is 24.5 Å². The van der Waals surface area contributed by atoms with E-state index in [9.17, 15) is 27.2 Å². The fraction of sp³-hybridized carbons (Fsp3) is 0.348. The maximum atomic E-state index is 13.5. The van der Waals surface area contributed by atoms with Crippen LogP contribution >= 0.6 is 0 Å². The fourth-order valence-electron chi connectivity index (χ4n) is 2.47. The topological polar surface area (TPSA) is 74.2 Å². The Morgan fingerprint density at radius 3 is 2.47 bits per heavy atom. The van der Waals surface area contributed by atoms with Gasteiger partial charge in [0.1, 0.15) is 11.6 Å². The van der Waals surface area contributed by atoms with Gasteiger partial charge in [0.2, 0.25) is 0 Å². The highest BCUT2D eigenvalue weighted by Crippen LogP contribution is 2.30. The molecule has 0 radical (unpaired) electrons. The maximum absolute atomic E-state index is 13.5. The first-order valence-electron chi connectivity index (χ1n) is 10.0. The number of aldehydes is 1. The molecule has 34 heavy (non-hydrogen) atoms. The lowest BCUT2D eigenvalue weighted by Crippen LogP contribution is -2.33.